The summed E-state index contributed by atoms with van der Waals surface area (Å²) in [5.74, 6) is 1.91. The molecule has 6 nitrogen and oxygen atoms in total. The van der Waals surface area contributed by atoms with Gasteiger partial charge in [0.2, 0.25) is 5.91 Å². The van der Waals surface area contributed by atoms with Crippen molar-refractivity contribution >= 4 is 16.9 Å². The summed E-state index contributed by atoms with van der Waals surface area (Å²) in [5.41, 5.74) is 4.51. The molecule has 0 saturated heterocycles. The topological polar surface area (TPSA) is 65.4 Å². The summed E-state index contributed by atoms with van der Waals surface area (Å²) in [4.78, 5) is 16.3. The monoisotopic (exact) mass is 409 g/mol. The molecule has 160 valence electrons. The molecule has 3 rings (SSSR count). The molecule has 0 unspecified atom stereocenters. The molecule has 1 N–H and O–H groups in total. The third-order valence-corrected chi connectivity index (χ3v) is 5.04. The van der Waals surface area contributed by atoms with Crippen molar-refractivity contribution in [3.63, 3.8) is 0 Å². The van der Waals surface area contributed by atoms with Gasteiger partial charge in [-0.15, -0.1) is 0 Å². The van der Waals surface area contributed by atoms with E-state index in [1.165, 1.54) is 12.7 Å². The number of benzene rings is 2. The van der Waals surface area contributed by atoms with E-state index >= 15 is 0 Å². The van der Waals surface area contributed by atoms with Crippen LogP contribution in [0.3, 0.4) is 0 Å². The fourth-order valence-corrected chi connectivity index (χ4v) is 3.49. The SMILES string of the molecule is COCC(=O)NCCCc1nc2ccccc2n1CCCOc1cc(C)ccc1C. The van der Waals surface area contributed by atoms with Crippen molar-refractivity contribution < 1.29 is 14.3 Å². The first-order valence-corrected chi connectivity index (χ1v) is 10.5. The van der Waals surface area contributed by atoms with E-state index < -0.39 is 0 Å². The number of nitrogens with zero attached hydrogens (tertiary/aromatic N) is 2. The number of aromatic nitrogens is 2. The minimum atomic E-state index is -0.0883. The lowest BCUT2D eigenvalue weighted by molar-refractivity contribution is -0.124. The zero-order valence-electron chi connectivity index (χ0n) is 18.1. The lowest BCUT2D eigenvalue weighted by atomic mass is 10.1. The number of hydrogen-bond acceptors (Lipinski definition) is 4. The van der Waals surface area contributed by atoms with Gasteiger partial charge in [0.25, 0.3) is 0 Å². The van der Waals surface area contributed by atoms with Crippen LogP contribution in [-0.4, -0.2) is 42.3 Å². The summed E-state index contributed by atoms with van der Waals surface area (Å²) in [6.07, 6.45) is 2.53. The molecule has 0 bridgehead atoms. The van der Waals surface area contributed by atoms with Crippen LogP contribution in [0.5, 0.6) is 5.75 Å². The van der Waals surface area contributed by atoms with Crippen molar-refractivity contribution in [2.24, 2.45) is 0 Å². The maximum Gasteiger partial charge on any atom is 0.245 e. The standard InChI is InChI=1S/C24H31N3O3/c1-18-11-12-19(2)22(16-18)30-15-7-14-27-21-9-5-4-8-20(21)26-23(27)10-6-13-25-24(28)17-29-3/h4-5,8-9,11-12,16H,6-7,10,13-15,17H2,1-3H3,(H,25,28). The average Bonchev–Trinajstić information content (AvgIpc) is 3.08. The lowest BCUT2D eigenvalue weighted by Crippen LogP contribution is -2.28. The molecule has 30 heavy (non-hydrogen) atoms. The highest BCUT2D eigenvalue weighted by Crippen LogP contribution is 2.20. The van der Waals surface area contributed by atoms with Crippen molar-refractivity contribution in [3.05, 3.63) is 59.4 Å². The van der Waals surface area contributed by atoms with Gasteiger partial charge in [0.1, 0.15) is 18.2 Å². The molecular formula is C24H31N3O3. The van der Waals surface area contributed by atoms with Gasteiger partial charge in [-0.1, -0.05) is 24.3 Å². The van der Waals surface area contributed by atoms with Crippen LogP contribution >= 0.6 is 0 Å². The number of rotatable bonds is 11. The number of aryl methyl sites for hydroxylation is 4. The van der Waals surface area contributed by atoms with Crippen LogP contribution in [0, 0.1) is 13.8 Å². The third kappa shape index (κ3) is 5.83. The Hall–Kier alpha value is -2.86. The van der Waals surface area contributed by atoms with E-state index in [2.05, 4.69) is 48.0 Å². The number of methoxy groups -OCH3 is 1. The maximum atomic E-state index is 11.5. The fraction of sp³-hybridized carbons (Fsp3) is 0.417. The van der Waals surface area contributed by atoms with Gasteiger partial charge in [-0.25, -0.2) is 4.98 Å². The number of carbonyl (C=O) groups excluding carboxylic acids is 1. The first kappa shape index (κ1) is 21.8. The molecule has 1 amide bonds. The first-order valence-electron chi connectivity index (χ1n) is 10.5. The van der Waals surface area contributed by atoms with Crippen molar-refractivity contribution in [1.82, 2.24) is 14.9 Å². The maximum absolute atomic E-state index is 11.5. The lowest BCUT2D eigenvalue weighted by Gasteiger charge is -2.12. The first-order chi connectivity index (χ1) is 14.6. The van der Waals surface area contributed by atoms with Gasteiger partial charge in [0.15, 0.2) is 0 Å². The molecule has 0 aliphatic rings. The van der Waals surface area contributed by atoms with Crippen LogP contribution in [0.1, 0.15) is 29.8 Å². The zero-order chi connectivity index (χ0) is 21.3. The van der Waals surface area contributed by atoms with E-state index in [1.807, 2.05) is 18.2 Å². The number of nitrogens with one attached hydrogen (secondary N) is 1. The van der Waals surface area contributed by atoms with Gasteiger partial charge in [0, 0.05) is 26.6 Å². The summed E-state index contributed by atoms with van der Waals surface area (Å²) >= 11 is 0. The normalized spacial score (nSPS) is 11.0. The molecule has 1 aromatic heterocycles. The number of para-hydroxylation sites is 2. The number of hydrogen-bond donors (Lipinski definition) is 1. The zero-order valence-corrected chi connectivity index (χ0v) is 18.1. The van der Waals surface area contributed by atoms with Gasteiger partial charge in [-0.3, -0.25) is 4.79 Å². The Labute approximate surface area is 178 Å². The second kappa shape index (κ2) is 10.8. The second-order valence-electron chi connectivity index (χ2n) is 7.53. The van der Waals surface area contributed by atoms with Gasteiger partial charge < -0.3 is 19.4 Å². The van der Waals surface area contributed by atoms with E-state index in [1.54, 1.807) is 0 Å². The van der Waals surface area contributed by atoms with Gasteiger partial charge in [-0.2, -0.15) is 0 Å². The summed E-state index contributed by atoms with van der Waals surface area (Å²) in [7, 11) is 1.52. The Balaban J connectivity index is 1.58. The second-order valence-corrected chi connectivity index (χ2v) is 7.53. The molecule has 3 aromatic rings. The van der Waals surface area contributed by atoms with Gasteiger partial charge in [-0.05, 0) is 56.0 Å². The van der Waals surface area contributed by atoms with Crippen molar-refractivity contribution in [2.75, 3.05) is 26.9 Å². The predicted octanol–water partition coefficient (Wildman–Crippen LogP) is 3.82. The molecule has 6 heteroatoms. The number of imidazole rings is 1. The predicted molar refractivity (Wildman–Crippen MR) is 119 cm³/mol. The van der Waals surface area contributed by atoms with Crippen LogP contribution in [0.25, 0.3) is 11.0 Å². The van der Waals surface area contributed by atoms with Crippen molar-refractivity contribution in [3.8, 4) is 5.75 Å². The Kier molecular flexibility index (Phi) is 7.85. The van der Waals surface area contributed by atoms with Gasteiger partial charge in [0.05, 0.1) is 17.6 Å². The third-order valence-electron chi connectivity index (χ3n) is 5.04. The molecule has 0 spiro atoms. The molecule has 0 fully saturated rings. The Morgan fingerprint density at radius 3 is 2.80 bits per heavy atom. The number of amides is 1. The largest absolute Gasteiger partial charge is 0.493 e. The number of ether oxygens (including phenoxy) is 2. The van der Waals surface area contributed by atoms with E-state index in [4.69, 9.17) is 14.5 Å². The highest BCUT2D eigenvalue weighted by atomic mass is 16.5. The molecule has 0 aliphatic carbocycles. The number of carbonyl (C=O) groups is 1. The number of fused-ring (bicyclic) bond motifs is 1. The molecule has 0 aliphatic heterocycles. The Bertz CT molecular complexity index is 981. The Morgan fingerprint density at radius 1 is 1.13 bits per heavy atom. The molecule has 0 radical (unpaired) electrons. The molecular weight excluding hydrogens is 378 g/mol. The average molecular weight is 410 g/mol. The van der Waals surface area contributed by atoms with Crippen molar-refractivity contribution in [2.45, 2.75) is 39.7 Å². The minimum absolute atomic E-state index is 0.0883. The smallest absolute Gasteiger partial charge is 0.245 e. The summed E-state index contributed by atoms with van der Waals surface area (Å²) in [6, 6.07) is 14.5. The van der Waals surface area contributed by atoms with Gasteiger partial charge >= 0.3 is 0 Å². The van der Waals surface area contributed by atoms with Crippen LogP contribution in [-0.2, 0) is 22.5 Å². The highest BCUT2D eigenvalue weighted by molar-refractivity contribution is 5.77. The van der Waals surface area contributed by atoms with Crippen LogP contribution in [0.2, 0.25) is 0 Å². The fourth-order valence-electron chi connectivity index (χ4n) is 3.49. The minimum Gasteiger partial charge on any atom is -0.493 e. The van der Waals surface area contributed by atoms with E-state index in [0.717, 1.165) is 54.0 Å². The summed E-state index contributed by atoms with van der Waals surface area (Å²) < 4.78 is 13.1. The van der Waals surface area contributed by atoms with Crippen LogP contribution in [0.4, 0.5) is 0 Å². The quantitative estimate of drug-likeness (QED) is 0.489. The van der Waals surface area contributed by atoms with E-state index in [9.17, 15) is 4.79 Å². The molecule has 0 atom stereocenters. The summed E-state index contributed by atoms with van der Waals surface area (Å²) in [5, 5.41) is 2.87. The Morgan fingerprint density at radius 2 is 1.97 bits per heavy atom. The van der Waals surface area contributed by atoms with Crippen molar-refractivity contribution in [1.29, 1.82) is 0 Å². The molecule has 1 heterocycles. The van der Waals surface area contributed by atoms with Crippen LogP contribution < -0.4 is 10.1 Å². The summed E-state index contributed by atoms with van der Waals surface area (Å²) in [6.45, 7) is 6.36. The highest BCUT2D eigenvalue weighted by Gasteiger charge is 2.11. The molecule has 2 aromatic carbocycles. The molecule has 0 saturated carbocycles. The van der Waals surface area contributed by atoms with Crippen LogP contribution in [0.15, 0.2) is 42.5 Å². The van der Waals surface area contributed by atoms with E-state index in [0.29, 0.717) is 13.2 Å². The van der Waals surface area contributed by atoms with E-state index in [-0.39, 0.29) is 12.5 Å².